The van der Waals surface area contributed by atoms with Crippen LogP contribution in [0.2, 0.25) is 0 Å². The first-order valence-electron chi connectivity index (χ1n) is 6.76. The van der Waals surface area contributed by atoms with Crippen LogP contribution in [0.4, 0.5) is 0 Å². The maximum atomic E-state index is 8.76. The van der Waals surface area contributed by atoms with Gasteiger partial charge in [0, 0.05) is 12.6 Å². The van der Waals surface area contributed by atoms with Crippen molar-refractivity contribution in [2.24, 2.45) is 0 Å². The molecule has 2 rings (SSSR count). The van der Waals surface area contributed by atoms with Gasteiger partial charge in [-0.15, -0.1) is 0 Å². The van der Waals surface area contributed by atoms with Crippen molar-refractivity contribution >= 4 is 0 Å². The van der Waals surface area contributed by atoms with Crippen LogP contribution in [0.15, 0.2) is 24.3 Å². The standard InChI is InChI=1S/C15H21N3/c1-2-17-15-7-9-18(10-8-15)12-14-5-3-13(11-16)4-6-14/h3-6,15,17H,2,7-10,12H2,1H3. The first kappa shape index (κ1) is 13.1. The average molecular weight is 243 g/mol. The van der Waals surface area contributed by atoms with E-state index in [2.05, 4.69) is 35.3 Å². The normalized spacial score (nSPS) is 17.6. The van der Waals surface area contributed by atoms with E-state index in [4.69, 9.17) is 5.26 Å². The Morgan fingerprint density at radius 2 is 1.94 bits per heavy atom. The van der Waals surface area contributed by atoms with Gasteiger partial charge in [0.05, 0.1) is 11.6 Å². The summed E-state index contributed by atoms with van der Waals surface area (Å²) in [6.07, 6.45) is 2.48. The molecule has 0 spiro atoms. The van der Waals surface area contributed by atoms with Crippen LogP contribution < -0.4 is 5.32 Å². The first-order valence-corrected chi connectivity index (χ1v) is 6.76. The molecule has 0 amide bonds. The monoisotopic (exact) mass is 243 g/mol. The molecule has 96 valence electrons. The number of piperidine rings is 1. The van der Waals surface area contributed by atoms with Gasteiger partial charge in [0.25, 0.3) is 0 Å². The highest BCUT2D eigenvalue weighted by atomic mass is 15.1. The highest BCUT2D eigenvalue weighted by Gasteiger charge is 2.17. The Morgan fingerprint density at radius 3 is 2.50 bits per heavy atom. The molecule has 1 aliphatic heterocycles. The summed E-state index contributed by atoms with van der Waals surface area (Å²) in [5, 5.41) is 12.3. The minimum absolute atomic E-state index is 0.701. The van der Waals surface area contributed by atoms with Crippen LogP contribution in [0.5, 0.6) is 0 Å². The third-order valence-electron chi connectivity index (χ3n) is 3.57. The summed E-state index contributed by atoms with van der Waals surface area (Å²) in [6, 6.07) is 10.8. The van der Waals surface area contributed by atoms with Gasteiger partial charge < -0.3 is 5.32 Å². The van der Waals surface area contributed by atoms with E-state index >= 15 is 0 Å². The zero-order valence-corrected chi connectivity index (χ0v) is 11.0. The fourth-order valence-corrected chi connectivity index (χ4v) is 2.53. The van der Waals surface area contributed by atoms with Crippen molar-refractivity contribution in [3.63, 3.8) is 0 Å². The van der Waals surface area contributed by atoms with Crippen LogP contribution in [-0.2, 0) is 6.54 Å². The molecular weight excluding hydrogens is 222 g/mol. The molecule has 1 aromatic rings. The Hall–Kier alpha value is -1.37. The van der Waals surface area contributed by atoms with Crippen molar-refractivity contribution < 1.29 is 0 Å². The number of nitrogens with zero attached hydrogens (tertiary/aromatic N) is 2. The topological polar surface area (TPSA) is 39.1 Å². The van der Waals surface area contributed by atoms with Gasteiger partial charge in [-0.05, 0) is 50.2 Å². The molecule has 0 unspecified atom stereocenters. The second-order valence-corrected chi connectivity index (χ2v) is 4.92. The average Bonchev–Trinajstić information content (AvgIpc) is 2.42. The quantitative estimate of drug-likeness (QED) is 0.880. The van der Waals surface area contributed by atoms with E-state index in [0.29, 0.717) is 6.04 Å². The van der Waals surface area contributed by atoms with E-state index in [1.54, 1.807) is 0 Å². The third-order valence-corrected chi connectivity index (χ3v) is 3.57. The maximum Gasteiger partial charge on any atom is 0.0991 e. The van der Waals surface area contributed by atoms with Crippen molar-refractivity contribution in [3.8, 4) is 6.07 Å². The van der Waals surface area contributed by atoms with Gasteiger partial charge in [0.1, 0.15) is 0 Å². The van der Waals surface area contributed by atoms with E-state index in [1.165, 1.54) is 18.4 Å². The van der Waals surface area contributed by atoms with E-state index in [9.17, 15) is 0 Å². The lowest BCUT2D eigenvalue weighted by Crippen LogP contribution is -2.42. The molecule has 1 heterocycles. The molecule has 0 radical (unpaired) electrons. The molecule has 1 N–H and O–H groups in total. The van der Waals surface area contributed by atoms with Crippen molar-refractivity contribution in [1.82, 2.24) is 10.2 Å². The molecule has 0 bridgehead atoms. The predicted molar refractivity (Wildman–Crippen MR) is 73.1 cm³/mol. The Balaban J connectivity index is 1.82. The summed E-state index contributed by atoms with van der Waals surface area (Å²) in [7, 11) is 0. The smallest absolute Gasteiger partial charge is 0.0991 e. The summed E-state index contributed by atoms with van der Waals surface area (Å²) >= 11 is 0. The predicted octanol–water partition coefficient (Wildman–Crippen LogP) is 2.13. The first-order chi connectivity index (χ1) is 8.81. The van der Waals surface area contributed by atoms with Crippen LogP contribution in [-0.4, -0.2) is 30.6 Å². The lowest BCUT2D eigenvalue weighted by molar-refractivity contribution is 0.192. The highest BCUT2D eigenvalue weighted by molar-refractivity contribution is 5.31. The van der Waals surface area contributed by atoms with Crippen LogP contribution in [0.3, 0.4) is 0 Å². The Labute approximate surface area is 109 Å². The second-order valence-electron chi connectivity index (χ2n) is 4.92. The van der Waals surface area contributed by atoms with Crippen molar-refractivity contribution in [2.75, 3.05) is 19.6 Å². The van der Waals surface area contributed by atoms with Crippen LogP contribution in [0.25, 0.3) is 0 Å². The van der Waals surface area contributed by atoms with Gasteiger partial charge in [-0.2, -0.15) is 5.26 Å². The number of hydrogen-bond acceptors (Lipinski definition) is 3. The summed E-state index contributed by atoms with van der Waals surface area (Å²) in [5.41, 5.74) is 2.04. The van der Waals surface area contributed by atoms with Crippen LogP contribution in [0, 0.1) is 11.3 Å². The molecule has 1 fully saturated rings. The zero-order valence-electron chi connectivity index (χ0n) is 11.0. The fourth-order valence-electron chi connectivity index (χ4n) is 2.53. The number of nitriles is 1. The highest BCUT2D eigenvalue weighted by Crippen LogP contribution is 2.14. The Morgan fingerprint density at radius 1 is 1.28 bits per heavy atom. The van der Waals surface area contributed by atoms with Crippen LogP contribution >= 0.6 is 0 Å². The molecule has 18 heavy (non-hydrogen) atoms. The number of rotatable bonds is 4. The number of likely N-dealkylation sites (tertiary alicyclic amines) is 1. The summed E-state index contributed by atoms with van der Waals surface area (Å²) in [5.74, 6) is 0. The molecule has 1 aliphatic rings. The lowest BCUT2D eigenvalue weighted by atomic mass is 10.0. The number of hydrogen-bond donors (Lipinski definition) is 1. The van der Waals surface area contributed by atoms with Crippen LogP contribution in [0.1, 0.15) is 30.9 Å². The summed E-state index contributed by atoms with van der Waals surface area (Å²) in [4.78, 5) is 2.50. The van der Waals surface area contributed by atoms with Gasteiger partial charge in [-0.25, -0.2) is 0 Å². The van der Waals surface area contributed by atoms with E-state index < -0.39 is 0 Å². The van der Waals surface area contributed by atoms with E-state index in [0.717, 1.165) is 31.7 Å². The van der Waals surface area contributed by atoms with Gasteiger partial charge in [0.2, 0.25) is 0 Å². The molecular formula is C15H21N3. The molecule has 0 atom stereocenters. The third kappa shape index (κ3) is 3.56. The SMILES string of the molecule is CCNC1CCN(Cc2ccc(C#N)cc2)CC1. The Bertz CT molecular complexity index is 397. The largest absolute Gasteiger partial charge is 0.314 e. The van der Waals surface area contributed by atoms with E-state index in [-0.39, 0.29) is 0 Å². The second kappa shape index (κ2) is 6.53. The Kier molecular flexibility index (Phi) is 4.74. The molecule has 3 heteroatoms. The number of nitrogens with one attached hydrogen (secondary N) is 1. The lowest BCUT2D eigenvalue weighted by Gasteiger charge is -2.32. The minimum Gasteiger partial charge on any atom is -0.314 e. The maximum absolute atomic E-state index is 8.76. The minimum atomic E-state index is 0.701. The van der Waals surface area contributed by atoms with Crippen molar-refractivity contribution in [3.05, 3.63) is 35.4 Å². The molecule has 0 saturated carbocycles. The molecule has 0 aliphatic carbocycles. The molecule has 1 aromatic carbocycles. The number of benzene rings is 1. The molecule has 0 aromatic heterocycles. The van der Waals surface area contributed by atoms with Crippen molar-refractivity contribution in [2.45, 2.75) is 32.4 Å². The fraction of sp³-hybridized carbons (Fsp3) is 0.533. The summed E-state index contributed by atoms with van der Waals surface area (Å²) in [6.45, 7) is 6.57. The van der Waals surface area contributed by atoms with Gasteiger partial charge >= 0.3 is 0 Å². The van der Waals surface area contributed by atoms with E-state index in [1.807, 2.05) is 12.1 Å². The molecule has 3 nitrogen and oxygen atoms in total. The van der Waals surface area contributed by atoms with Gasteiger partial charge in [-0.1, -0.05) is 19.1 Å². The van der Waals surface area contributed by atoms with Crippen molar-refractivity contribution in [1.29, 1.82) is 5.26 Å². The summed E-state index contributed by atoms with van der Waals surface area (Å²) < 4.78 is 0. The van der Waals surface area contributed by atoms with Gasteiger partial charge in [-0.3, -0.25) is 4.90 Å². The van der Waals surface area contributed by atoms with Gasteiger partial charge in [0.15, 0.2) is 0 Å². The molecule has 1 saturated heterocycles. The zero-order chi connectivity index (χ0) is 12.8.